The monoisotopic (exact) mass is 369 g/mol. The van der Waals surface area contributed by atoms with Crippen LogP contribution in [0.25, 0.3) is 22.9 Å². The summed E-state index contributed by atoms with van der Waals surface area (Å²) in [5, 5.41) is 12.9. The lowest BCUT2D eigenvalue weighted by atomic mass is 10.0. The fraction of sp³-hybridized carbons (Fsp3) is 0.263. The van der Waals surface area contributed by atoms with Gasteiger partial charge in [-0.2, -0.15) is 5.10 Å². The lowest BCUT2D eigenvalue weighted by molar-refractivity contribution is 0.0591. The molecule has 0 atom stereocenters. The van der Waals surface area contributed by atoms with Crippen LogP contribution in [0.5, 0.6) is 0 Å². The van der Waals surface area contributed by atoms with E-state index in [1.54, 1.807) is 28.9 Å². The molecule has 0 aliphatic rings. The number of aryl methyl sites for hydroxylation is 1. The van der Waals surface area contributed by atoms with Gasteiger partial charge in [-0.05, 0) is 30.2 Å². The van der Waals surface area contributed by atoms with Crippen molar-refractivity contribution in [2.45, 2.75) is 13.3 Å². The first-order valence-electron chi connectivity index (χ1n) is 8.43. The Morgan fingerprint density at radius 2 is 1.96 bits per heavy atom. The summed E-state index contributed by atoms with van der Waals surface area (Å²) in [4.78, 5) is 14.0. The van der Waals surface area contributed by atoms with E-state index in [1.807, 2.05) is 25.9 Å². The van der Waals surface area contributed by atoms with Gasteiger partial charge < -0.3 is 9.64 Å². The first kappa shape index (κ1) is 18.5. The molecule has 0 saturated carbocycles. The van der Waals surface area contributed by atoms with Crippen LogP contribution in [-0.4, -0.2) is 51.9 Å². The third-order valence-corrected chi connectivity index (χ3v) is 4.03. The lowest BCUT2D eigenvalue weighted by Gasteiger charge is -2.07. The highest BCUT2D eigenvalue weighted by atomic mass is 19.1. The van der Waals surface area contributed by atoms with Crippen molar-refractivity contribution in [3.8, 4) is 11.1 Å². The van der Waals surface area contributed by atoms with Crippen molar-refractivity contribution in [2.24, 2.45) is 0 Å². The van der Waals surface area contributed by atoms with Gasteiger partial charge in [-0.1, -0.05) is 19.1 Å². The summed E-state index contributed by atoms with van der Waals surface area (Å²) < 4.78 is 19.7. The number of esters is 1. The van der Waals surface area contributed by atoms with Crippen molar-refractivity contribution in [2.75, 3.05) is 21.2 Å². The molecular formula is C19H20FN5O2. The van der Waals surface area contributed by atoms with E-state index in [4.69, 9.17) is 4.74 Å². The fourth-order valence-electron chi connectivity index (χ4n) is 2.73. The van der Waals surface area contributed by atoms with E-state index in [2.05, 4.69) is 15.3 Å². The maximum Gasteiger partial charge on any atom is 0.360 e. The van der Waals surface area contributed by atoms with Crippen molar-refractivity contribution < 1.29 is 13.9 Å². The van der Waals surface area contributed by atoms with Gasteiger partial charge >= 0.3 is 5.97 Å². The van der Waals surface area contributed by atoms with Crippen LogP contribution in [0.4, 0.5) is 4.39 Å². The number of rotatable bonds is 5. The van der Waals surface area contributed by atoms with Gasteiger partial charge in [-0.3, -0.25) is 0 Å². The number of carbonyl (C=O) groups is 1. The number of halogens is 1. The van der Waals surface area contributed by atoms with Gasteiger partial charge in [0.15, 0.2) is 11.3 Å². The van der Waals surface area contributed by atoms with Gasteiger partial charge in [0.05, 0.1) is 18.4 Å². The molecule has 2 heterocycles. The van der Waals surface area contributed by atoms with Crippen LogP contribution in [-0.2, 0) is 11.2 Å². The van der Waals surface area contributed by atoms with E-state index in [0.29, 0.717) is 17.8 Å². The number of hydrogen-bond acceptors (Lipinski definition) is 6. The largest absolute Gasteiger partial charge is 0.464 e. The van der Waals surface area contributed by atoms with Crippen LogP contribution in [0.1, 0.15) is 28.8 Å². The summed E-state index contributed by atoms with van der Waals surface area (Å²) in [5.41, 5.74) is 3.34. The van der Waals surface area contributed by atoms with E-state index < -0.39 is 5.97 Å². The Bertz CT molecular complexity index is 1010. The number of ether oxygens (including phenoxy) is 1. The summed E-state index contributed by atoms with van der Waals surface area (Å²) in [6, 6.07) is 6.14. The third kappa shape index (κ3) is 3.51. The van der Waals surface area contributed by atoms with Crippen LogP contribution in [0.3, 0.4) is 0 Å². The zero-order valence-electron chi connectivity index (χ0n) is 15.6. The second-order valence-corrected chi connectivity index (χ2v) is 6.12. The van der Waals surface area contributed by atoms with Crippen molar-refractivity contribution in [1.82, 2.24) is 24.7 Å². The average Bonchev–Trinajstić information content (AvgIpc) is 3.04. The summed E-state index contributed by atoms with van der Waals surface area (Å²) >= 11 is 0. The molecule has 0 unspecified atom stereocenters. The van der Waals surface area contributed by atoms with Gasteiger partial charge in [-0.25, -0.2) is 13.7 Å². The lowest BCUT2D eigenvalue weighted by Crippen LogP contribution is -2.13. The molecule has 0 saturated heterocycles. The van der Waals surface area contributed by atoms with Crippen LogP contribution in [0.2, 0.25) is 0 Å². The van der Waals surface area contributed by atoms with E-state index in [9.17, 15) is 9.18 Å². The highest BCUT2D eigenvalue weighted by Gasteiger charge is 2.22. The molecule has 0 aliphatic heterocycles. The third-order valence-electron chi connectivity index (χ3n) is 4.03. The predicted molar refractivity (Wildman–Crippen MR) is 99.6 cm³/mol. The molecule has 8 heteroatoms. The molecule has 0 radical (unpaired) electrons. The van der Waals surface area contributed by atoms with Crippen molar-refractivity contribution in [3.05, 3.63) is 53.4 Å². The summed E-state index contributed by atoms with van der Waals surface area (Å²) in [6.45, 7) is 1.97. The molecule has 1 aromatic carbocycles. The number of methoxy groups -OCH3 is 1. The zero-order valence-corrected chi connectivity index (χ0v) is 15.6. The minimum absolute atomic E-state index is 0.0684. The minimum Gasteiger partial charge on any atom is -0.464 e. The molecular weight excluding hydrogens is 349 g/mol. The summed E-state index contributed by atoms with van der Waals surface area (Å²) in [6.07, 6.45) is 4.16. The smallest absolute Gasteiger partial charge is 0.360 e. The van der Waals surface area contributed by atoms with Gasteiger partial charge in [0.25, 0.3) is 0 Å². The number of hydrogen-bond donors (Lipinski definition) is 0. The normalized spacial score (nSPS) is 11.3. The number of benzene rings is 1. The first-order valence-corrected chi connectivity index (χ1v) is 8.43. The molecule has 140 valence electrons. The second-order valence-electron chi connectivity index (χ2n) is 6.12. The Morgan fingerprint density at radius 3 is 2.56 bits per heavy atom. The van der Waals surface area contributed by atoms with Gasteiger partial charge in [-0.15, -0.1) is 10.2 Å². The van der Waals surface area contributed by atoms with Crippen molar-refractivity contribution in [3.63, 3.8) is 0 Å². The molecule has 0 bridgehead atoms. The number of aromatic nitrogens is 4. The van der Waals surface area contributed by atoms with E-state index in [-0.39, 0.29) is 11.5 Å². The Kier molecular flexibility index (Phi) is 5.16. The van der Waals surface area contributed by atoms with Crippen molar-refractivity contribution in [1.29, 1.82) is 0 Å². The van der Waals surface area contributed by atoms with Crippen LogP contribution in [0.15, 0.2) is 30.5 Å². The Morgan fingerprint density at radius 1 is 1.26 bits per heavy atom. The maximum absolute atomic E-state index is 13.3. The topological polar surface area (TPSA) is 72.6 Å². The van der Waals surface area contributed by atoms with E-state index in [1.165, 1.54) is 19.2 Å². The van der Waals surface area contributed by atoms with Crippen LogP contribution < -0.4 is 0 Å². The maximum atomic E-state index is 13.3. The molecule has 0 fully saturated rings. The standard InChI is InChI=1S/C19H20FN5O2/c1-5-14-16(12-6-8-13(20)9-7-12)18-22-21-17(19(26)27-4)15(25(18)23-14)10-11-24(2)3/h6-11H,5H2,1-4H3. The summed E-state index contributed by atoms with van der Waals surface area (Å²) in [7, 11) is 5.02. The highest BCUT2D eigenvalue weighted by Crippen LogP contribution is 2.29. The molecule has 7 nitrogen and oxygen atoms in total. The quantitative estimate of drug-likeness (QED) is 0.644. The van der Waals surface area contributed by atoms with E-state index in [0.717, 1.165) is 16.8 Å². The van der Waals surface area contributed by atoms with Gasteiger partial charge in [0, 0.05) is 20.3 Å². The van der Waals surface area contributed by atoms with Gasteiger partial charge in [0.1, 0.15) is 11.5 Å². The molecule has 3 rings (SSSR count). The Balaban J connectivity index is 2.32. The molecule has 0 aliphatic carbocycles. The van der Waals surface area contributed by atoms with Crippen LogP contribution >= 0.6 is 0 Å². The predicted octanol–water partition coefficient (Wildman–Crippen LogP) is 2.81. The van der Waals surface area contributed by atoms with Crippen molar-refractivity contribution >= 4 is 17.7 Å². The molecule has 0 spiro atoms. The zero-order chi connectivity index (χ0) is 19.6. The first-order chi connectivity index (χ1) is 13.0. The molecule has 2 aromatic heterocycles. The van der Waals surface area contributed by atoms with E-state index >= 15 is 0 Å². The fourth-order valence-corrected chi connectivity index (χ4v) is 2.73. The minimum atomic E-state index is -0.598. The molecule has 27 heavy (non-hydrogen) atoms. The summed E-state index contributed by atoms with van der Waals surface area (Å²) in [5.74, 6) is -0.915. The highest BCUT2D eigenvalue weighted by molar-refractivity contribution is 5.91. The number of fused-ring (bicyclic) bond motifs is 1. The van der Waals surface area contributed by atoms with Crippen LogP contribution in [0, 0.1) is 5.82 Å². The molecule has 0 N–H and O–H groups in total. The number of nitrogens with zero attached hydrogens (tertiary/aromatic N) is 5. The number of carbonyl (C=O) groups excluding carboxylic acids is 1. The molecule has 0 amide bonds. The Hall–Kier alpha value is -3.29. The molecule has 3 aromatic rings. The average molecular weight is 369 g/mol. The SMILES string of the molecule is CCc1nn2c(C=CN(C)C)c(C(=O)OC)nnc2c1-c1ccc(F)cc1. The van der Waals surface area contributed by atoms with Gasteiger partial charge in [0.2, 0.25) is 0 Å². The Labute approximate surface area is 156 Å². The second kappa shape index (κ2) is 7.53.